The van der Waals surface area contributed by atoms with Crippen LogP contribution in [0.5, 0.6) is 5.75 Å². The highest BCUT2D eigenvalue weighted by atomic mass is 16.7. The van der Waals surface area contributed by atoms with E-state index in [1.165, 1.54) is 0 Å². The van der Waals surface area contributed by atoms with Gasteiger partial charge in [0.1, 0.15) is 11.5 Å². The minimum absolute atomic E-state index is 0.375. The summed E-state index contributed by atoms with van der Waals surface area (Å²) in [6.45, 7) is 0. The maximum Gasteiger partial charge on any atom is 0.368 e. The molecule has 0 amide bonds. The third kappa shape index (κ3) is 3.73. The van der Waals surface area contributed by atoms with Crippen LogP contribution in [0, 0.1) is 0 Å². The summed E-state index contributed by atoms with van der Waals surface area (Å²) in [5.74, 6) is -0.509. The number of esters is 1. The number of ether oxygens (including phenoxy) is 1. The number of benzene rings is 3. The first-order valence-corrected chi connectivity index (χ1v) is 8.65. The number of rotatable bonds is 4. The average molecular weight is 369 g/mol. The Bertz CT molecular complexity index is 1070. The molecule has 0 aliphatic carbocycles. The van der Waals surface area contributed by atoms with Crippen molar-refractivity contribution in [3.63, 3.8) is 0 Å². The molecular formula is C23H15NO4. The van der Waals surface area contributed by atoms with Crippen molar-refractivity contribution in [1.29, 1.82) is 0 Å². The topological polar surface area (TPSA) is 65.0 Å². The Balaban J connectivity index is 1.53. The summed E-state index contributed by atoms with van der Waals surface area (Å²) in [5, 5.41) is 3.88. The van der Waals surface area contributed by atoms with E-state index in [9.17, 15) is 9.59 Å². The molecule has 1 aliphatic rings. The fourth-order valence-electron chi connectivity index (χ4n) is 2.75. The number of hydrogen-bond acceptors (Lipinski definition) is 5. The highest BCUT2D eigenvalue weighted by Crippen LogP contribution is 2.22. The Morgan fingerprint density at radius 3 is 2.18 bits per heavy atom. The lowest BCUT2D eigenvalue weighted by molar-refractivity contribution is -0.136. The van der Waals surface area contributed by atoms with Crippen LogP contribution >= 0.6 is 0 Å². The molecule has 3 aromatic rings. The van der Waals surface area contributed by atoms with Crippen molar-refractivity contribution in [3.8, 4) is 5.75 Å². The van der Waals surface area contributed by atoms with Crippen molar-refractivity contribution in [1.82, 2.24) is 0 Å². The van der Waals surface area contributed by atoms with Crippen LogP contribution < -0.4 is 4.74 Å². The average Bonchev–Trinajstić information content (AvgIpc) is 3.11. The Morgan fingerprint density at radius 2 is 1.50 bits per heavy atom. The standard InChI is InChI=1S/C23H15NO4/c25-22(18-9-5-2-6-10-18)27-19-13-11-16(12-14-19)15-20-21(24-28-23(20)26)17-7-3-1-4-8-17/h1-15H. The van der Waals surface area contributed by atoms with Gasteiger partial charge in [-0.3, -0.25) is 0 Å². The predicted molar refractivity (Wildman–Crippen MR) is 105 cm³/mol. The van der Waals surface area contributed by atoms with E-state index in [0.29, 0.717) is 22.6 Å². The van der Waals surface area contributed by atoms with Gasteiger partial charge in [0.15, 0.2) is 0 Å². The van der Waals surface area contributed by atoms with E-state index in [0.717, 1.165) is 11.1 Å². The summed E-state index contributed by atoms with van der Waals surface area (Å²) < 4.78 is 5.36. The van der Waals surface area contributed by atoms with Gasteiger partial charge in [-0.1, -0.05) is 65.8 Å². The van der Waals surface area contributed by atoms with Gasteiger partial charge in [0, 0.05) is 5.56 Å². The van der Waals surface area contributed by atoms with Gasteiger partial charge in [-0.15, -0.1) is 0 Å². The number of hydrogen-bond donors (Lipinski definition) is 0. The van der Waals surface area contributed by atoms with Crippen LogP contribution in [0.1, 0.15) is 21.5 Å². The first-order chi connectivity index (χ1) is 13.7. The fourth-order valence-corrected chi connectivity index (χ4v) is 2.75. The van der Waals surface area contributed by atoms with Crippen LogP contribution in [0.25, 0.3) is 6.08 Å². The minimum atomic E-state index is -0.501. The Morgan fingerprint density at radius 1 is 0.857 bits per heavy atom. The molecule has 0 saturated heterocycles. The number of carbonyl (C=O) groups excluding carboxylic acids is 2. The van der Waals surface area contributed by atoms with E-state index in [4.69, 9.17) is 9.57 Å². The molecule has 0 bridgehead atoms. The van der Waals surface area contributed by atoms with Crippen LogP contribution in [0.2, 0.25) is 0 Å². The van der Waals surface area contributed by atoms with Crippen LogP contribution in [0.4, 0.5) is 0 Å². The smallest absolute Gasteiger partial charge is 0.368 e. The molecule has 0 spiro atoms. The van der Waals surface area contributed by atoms with Gasteiger partial charge in [0.05, 0.1) is 11.1 Å². The van der Waals surface area contributed by atoms with Gasteiger partial charge in [-0.05, 0) is 35.9 Å². The number of carbonyl (C=O) groups is 2. The lowest BCUT2D eigenvalue weighted by Gasteiger charge is -2.05. The molecule has 0 fully saturated rings. The van der Waals surface area contributed by atoms with Crippen molar-refractivity contribution >= 4 is 23.7 Å². The molecule has 3 aromatic carbocycles. The Labute approximate surface area is 161 Å². The van der Waals surface area contributed by atoms with E-state index in [2.05, 4.69) is 5.16 Å². The van der Waals surface area contributed by atoms with E-state index in [1.807, 2.05) is 36.4 Å². The van der Waals surface area contributed by atoms with Crippen LogP contribution in [0.3, 0.4) is 0 Å². The third-order valence-electron chi connectivity index (χ3n) is 4.15. The summed E-state index contributed by atoms with van der Waals surface area (Å²) >= 11 is 0. The summed E-state index contributed by atoms with van der Waals surface area (Å²) in [4.78, 5) is 29.0. The second-order valence-corrected chi connectivity index (χ2v) is 6.07. The highest BCUT2D eigenvalue weighted by Gasteiger charge is 2.26. The molecule has 0 saturated carbocycles. The third-order valence-corrected chi connectivity index (χ3v) is 4.15. The second kappa shape index (κ2) is 7.72. The van der Waals surface area contributed by atoms with Gasteiger partial charge < -0.3 is 9.57 Å². The molecule has 1 heterocycles. The van der Waals surface area contributed by atoms with Gasteiger partial charge in [0.25, 0.3) is 0 Å². The summed E-state index contributed by atoms with van der Waals surface area (Å²) in [7, 11) is 0. The summed E-state index contributed by atoms with van der Waals surface area (Å²) in [5.41, 5.74) is 2.90. The van der Waals surface area contributed by atoms with Crippen LogP contribution in [-0.2, 0) is 9.63 Å². The largest absolute Gasteiger partial charge is 0.423 e. The van der Waals surface area contributed by atoms with Crippen molar-refractivity contribution < 1.29 is 19.2 Å². The first-order valence-electron chi connectivity index (χ1n) is 8.65. The molecule has 0 aromatic heterocycles. The molecule has 136 valence electrons. The molecule has 0 unspecified atom stereocenters. The maximum atomic E-state index is 12.1. The lowest BCUT2D eigenvalue weighted by atomic mass is 10.0. The van der Waals surface area contributed by atoms with E-state index in [1.54, 1.807) is 54.6 Å². The predicted octanol–water partition coefficient (Wildman–Crippen LogP) is 4.25. The van der Waals surface area contributed by atoms with E-state index in [-0.39, 0.29) is 0 Å². The molecule has 5 nitrogen and oxygen atoms in total. The first kappa shape index (κ1) is 17.4. The maximum absolute atomic E-state index is 12.1. The van der Waals surface area contributed by atoms with Gasteiger partial charge >= 0.3 is 11.9 Å². The molecule has 0 atom stereocenters. The SMILES string of the molecule is O=C1ON=C(c2ccccc2)C1=Cc1ccc(OC(=O)c2ccccc2)cc1. The van der Waals surface area contributed by atoms with Gasteiger partial charge in [-0.2, -0.15) is 0 Å². The van der Waals surface area contributed by atoms with Crippen LogP contribution in [-0.4, -0.2) is 17.7 Å². The Kier molecular flexibility index (Phi) is 4.80. The zero-order chi connectivity index (χ0) is 19.3. The second-order valence-electron chi connectivity index (χ2n) is 6.07. The number of oxime groups is 1. The van der Waals surface area contributed by atoms with E-state index >= 15 is 0 Å². The molecule has 28 heavy (non-hydrogen) atoms. The van der Waals surface area contributed by atoms with Gasteiger partial charge in [0.2, 0.25) is 0 Å². The zero-order valence-corrected chi connectivity index (χ0v) is 14.7. The minimum Gasteiger partial charge on any atom is -0.423 e. The highest BCUT2D eigenvalue weighted by molar-refractivity contribution is 6.31. The molecule has 0 radical (unpaired) electrons. The van der Waals surface area contributed by atoms with Crippen LogP contribution in [0.15, 0.2) is 95.7 Å². The number of nitrogens with zero attached hydrogens (tertiary/aromatic N) is 1. The summed E-state index contributed by atoms with van der Waals surface area (Å²) in [6, 6.07) is 25.0. The molecule has 4 rings (SSSR count). The van der Waals surface area contributed by atoms with Crippen molar-refractivity contribution in [2.75, 3.05) is 0 Å². The lowest BCUT2D eigenvalue weighted by Crippen LogP contribution is -2.08. The zero-order valence-electron chi connectivity index (χ0n) is 14.7. The van der Waals surface area contributed by atoms with Gasteiger partial charge in [-0.25, -0.2) is 9.59 Å². The van der Waals surface area contributed by atoms with Crippen molar-refractivity contribution in [2.24, 2.45) is 5.16 Å². The Hall–Kier alpha value is -3.99. The van der Waals surface area contributed by atoms with Crippen molar-refractivity contribution in [3.05, 3.63) is 107 Å². The molecule has 5 heteroatoms. The molecular weight excluding hydrogens is 354 g/mol. The summed E-state index contributed by atoms with van der Waals surface area (Å²) in [6.07, 6.45) is 1.70. The molecule has 1 aliphatic heterocycles. The monoisotopic (exact) mass is 369 g/mol. The van der Waals surface area contributed by atoms with E-state index < -0.39 is 11.9 Å². The normalized spacial score (nSPS) is 14.5. The quantitative estimate of drug-likeness (QED) is 0.298. The molecule has 0 N–H and O–H groups in total. The fraction of sp³-hybridized carbons (Fsp3) is 0. The van der Waals surface area contributed by atoms with Crippen molar-refractivity contribution in [2.45, 2.75) is 0 Å².